The second-order valence-electron chi connectivity index (χ2n) is 3.54. The molecule has 1 heterocycles. The minimum atomic E-state index is 0.560. The van der Waals surface area contributed by atoms with Crippen LogP contribution in [0, 0.1) is 0 Å². The third-order valence-corrected chi connectivity index (χ3v) is 2.66. The zero-order valence-electron chi connectivity index (χ0n) is 8.86. The van der Waals surface area contributed by atoms with Gasteiger partial charge in [-0.1, -0.05) is 12.1 Å². The summed E-state index contributed by atoms with van der Waals surface area (Å²) in [5.74, 6) is 0.560. The Balaban J connectivity index is 1.94. The third-order valence-electron chi connectivity index (χ3n) is 2.35. The normalized spacial score (nSPS) is 10.1. The second-order valence-corrected chi connectivity index (χ2v) is 3.81. The summed E-state index contributed by atoms with van der Waals surface area (Å²) < 4.78 is 0. The fourth-order valence-electron chi connectivity index (χ4n) is 1.42. The lowest BCUT2D eigenvalue weighted by atomic mass is 10.2. The predicted octanol–water partition coefficient (Wildman–Crippen LogP) is 3.43. The fourth-order valence-corrected chi connectivity index (χ4v) is 1.59. The van der Waals surface area contributed by atoms with E-state index < -0.39 is 0 Å². The summed E-state index contributed by atoms with van der Waals surface area (Å²) in [6.07, 6.45) is 3.60. The van der Waals surface area contributed by atoms with Gasteiger partial charge in [-0.2, -0.15) is 0 Å². The van der Waals surface area contributed by atoms with Crippen molar-refractivity contribution >= 4 is 17.3 Å². The highest BCUT2D eigenvalue weighted by molar-refractivity contribution is 6.17. The van der Waals surface area contributed by atoms with Gasteiger partial charge < -0.3 is 5.32 Å². The van der Waals surface area contributed by atoms with Gasteiger partial charge in [0.25, 0.3) is 0 Å². The molecule has 0 spiro atoms. The van der Waals surface area contributed by atoms with E-state index in [-0.39, 0.29) is 0 Å². The Labute approximate surface area is 100 Å². The average Bonchev–Trinajstić information content (AvgIpc) is 2.38. The number of halogens is 1. The Hall–Kier alpha value is -1.54. The first-order valence-corrected chi connectivity index (χ1v) is 5.69. The van der Waals surface area contributed by atoms with E-state index >= 15 is 0 Å². The zero-order chi connectivity index (χ0) is 11.2. The molecule has 0 aliphatic carbocycles. The molecule has 1 N–H and O–H groups in total. The van der Waals surface area contributed by atoms with Gasteiger partial charge in [-0.05, 0) is 35.4 Å². The van der Waals surface area contributed by atoms with Gasteiger partial charge in [0.1, 0.15) is 0 Å². The number of nitrogens with one attached hydrogen (secondary N) is 1. The van der Waals surface area contributed by atoms with Gasteiger partial charge in [-0.15, -0.1) is 11.6 Å². The molecular formula is C13H13ClN2. The van der Waals surface area contributed by atoms with Gasteiger partial charge in [-0.3, -0.25) is 4.98 Å². The van der Waals surface area contributed by atoms with Gasteiger partial charge in [0.05, 0.1) is 0 Å². The summed E-state index contributed by atoms with van der Waals surface area (Å²) in [4.78, 5) is 3.98. The van der Waals surface area contributed by atoms with E-state index in [9.17, 15) is 0 Å². The van der Waals surface area contributed by atoms with Gasteiger partial charge in [0.2, 0.25) is 0 Å². The topological polar surface area (TPSA) is 24.9 Å². The molecule has 2 nitrogen and oxygen atoms in total. The molecule has 0 atom stereocenters. The first kappa shape index (κ1) is 11.0. The maximum Gasteiger partial charge on any atom is 0.0474 e. The number of hydrogen-bond donors (Lipinski definition) is 1. The first-order chi connectivity index (χ1) is 7.88. The van der Waals surface area contributed by atoms with E-state index in [1.807, 2.05) is 36.4 Å². The predicted molar refractivity (Wildman–Crippen MR) is 67.6 cm³/mol. The van der Waals surface area contributed by atoms with Crippen molar-refractivity contribution in [2.45, 2.75) is 12.4 Å². The van der Waals surface area contributed by atoms with Crippen LogP contribution in [-0.4, -0.2) is 4.98 Å². The highest BCUT2D eigenvalue weighted by atomic mass is 35.5. The van der Waals surface area contributed by atoms with Crippen molar-refractivity contribution in [3.05, 3.63) is 59.9 Å². The number of hydrogen-bond acceptors (Lipinski definition) is 2. The highest BCUT2D eigenvalue weighted by Crippen LogP contribution is 2.12. The van der Waals surface area contributed by atoms with Crippen molar-refractivity contribution in [2.75, 3.05) is 5.32 Å². The number of rotatable bonds is 4. The van der Waals surface area contributed by atoms with Crippen LogP contribution >= 0.6 is 11.6 Å². The number of benzene rings is 1. The summed E-state index contributed by atoms with van der Waals surface area (Å²) in [5.41, 5.74) is 3.46. The fraction of sp³-hybridized carbons (Fsp3) is 0.154. The molecule has 2 rings (SSSR count). The van der Waals surface area contributed by atoms with Crippen LogP contribution in [0.5, 0.6) is 0 Å². The molecule has 16 heavy (non-hydrogen) atoms. The Morgan fingerprint density at radius 3 is 2.25 bits per heavy atom. The van der Waals surface area contributed by atoms with Crippen LogP contribution in [0.15, 0.2) is 48.8 Å². The van der Waals surface area contributed by atoms with Crippen LogP contribution < -0.4 is 5.32 Å². The highest BCUT2D eigenvalue weighted by Gasteiger charge is 1.94. The van der Waals surface area contributed by atoms with Gasteiger partial charge in [-0.25, -0.2) is 0 Å². The molecule has 3 heteroatoms. The van der Waals surface area contributed by atoms with Crippen LogP contribution in [-0.2, 0) is 12.4 Å². The molecule has 1 aromatic heterocycles. The Morgan fingerprint density at radius 2 is 1.62 bits per heavy atom. The Bertz CT molecular complexity index is 425. The maximum absolute atomic E-state index is 5.72. The van der Waals surface area contributed by atoms with E-state index in [4.69, 9.17) is 11.6 Å². The van der Waals surface area contributed by atoms with Gasteiger partial charge >= 0.3 is 0 Å². The van der Waals surface area contributed by atoms with Crippen LogP contribution in [0.1, 0.15) is 11.1 Å². The SMILES string of the molecule is ClCc1ccc(NCc2ccncc2)cc1. The van der Waals surface area contributed by atoms with E-state index in [2.05, 4.69) is 10.3 Å². The molecule has 0 unspecified atom stereocenters. The third kappa shape index (κ3) is 2.97. The van der Waals surface area contributed by atoms with E-state index in [0.29, 0.717) is 5.88 Å². The van der Waals surface area contributed by atoms with Crippen molar-refractivity contribution in [1.29, 1.82) is 0 Å². The van der Waals surface area contributed by atoms with Crippen LogP contribution in [0.4, 0.5) is 5.69 Å². The number of anilines is 1. The average molecular weight is 233 g/mol. The lowest BCUT2D eigenvalue weighted by Crippen LogP contribution is -1.99. The number of aromatic nitrogens is 1. The number of alkyl halides is 1. The van der Waals surface area contributed by atoms with Crippen molar-refractivity contribution in [3.63, 3.8) is 0 Å². The van der Waals surface area contributed by atoms with Gasteiger partial charge in [0, 0.05) is 30.5 Å². The van der Waals surface area contributed by atoms with Crippen LogP contribution in [0.3, 0.4) is 0 Å². The van der Waals surface area contributed by atoms with Crippen molar-refractivity contribution in [1.82, 2.24) is 4.98 Å². The summed E-state index contributed by atoms with van der Waals surface area (Å²) >= 11 is 5.72. The number of pyridine rings is 1. The summed E-state index contributed by atoms with van der Waals surface area (Å²) in [6.45, 7) is 0.808. The molecule has 82 valence electrons. The summed E-state index contributed by atoms with van der Waals surface area (Å²) in [6, 6.07) is 12.1. The molecular weight excluding hydrogens is 220 g/mol. The maximum atomic E-state index is 5.72. The second kappa shape index (κ2) is 5.52. The minimum absolute atomic E-state index is 0.560. The smallest absolute Gasteiger partial charge is 0.0474 e. The molecule has 1 aromatic carbocycles. The molecule has 0 aliphatic rings. The molecule has 0 saturated carbocycles. The van der Waals surface area contributed by atoms with Crippen molar-refractivity contribution in [3.8, 4) is 0 Å². The Morgan fingerprint density at radius 1 is 0.938 bits per heavy atom. The van der Waals surface area contributed by atoms with E-state index in [1.54, 1.807) is 12.4 Å². The quantitative estimate of drug-likeness (QED) is 0.817. The minimum Gasteiger partial charge on any atom is -0.381 e. The molecule has 0 fully saturated rings. The monoisotopic (exact) mass is 232 g/mol. The standard InChI is InChI=1S/C13H13ClN2/c14-9-11-1-3-13(4-2-11)16-10-12-5-7-15-8-6-12/h1-8,16H,9-10H2. The summed E-state index contributed by atoms with van der Waals surface area (Å²) in [7, 11) is 0. The van der Waals surface area contributed by atoms with E-state index in [0.717, 1.165) is 17.8 Å². The molecule has 0 bridgehead atoms. The molecule has 2 aromatic rings. The van der Waals surface area contributed by atoms with E-state index in [1.165, 1.54) is 5.56 Å². The first-order valence-electron chi connectivity index (χ1n) is 5.16. The Kier molecular flexibility index (Phi) is 3.78. The van der Waals surface area contributed by atoms with Crippen LogP contribution in [0.25, 0.3) is 0 Å². The number of nitrogens with zero attached hydrogens (tertiary/aromatic N) is 1. The summed E-state index contributed by atoms with van der Waals surface area (Å²) in [5, 5.41) is 3.34. The molecule has 0 radical (unpaired) electrons. The molecule has 0 amide bonds. The van der Waals surface area contributed by atoms with Crippen molar-refractivity contribution < 1.29 is 0 Å². The lowest BCUT2D eigenvalue weighted by Gasteiger charge is -2.06. The zero-order valence-corrected chi connectivity index (χ0v) is 9.61. The molecule has 0 aliphatic heterocycles. The largest absolute Gasteiger partial charge is 0.381 e. The van der Waals surface area contributed by atoms with Gasteiger partial charge in [0.15, 0.2) is 0 Å². The lowest BCUT2D eigenvalue weighted by molar-refractivity contribution is 1.13. The van der Waals surface area contributed by atoms with Crippen LogP contribution in [0.2, 0.25) is 0 Å². The molecule has 0 saturated heterocycles. The van der Waals surface area contributed by atoms with Crippen molar-refractivity contribution in [2.24, 2.45) is 0 Å².